The highest BCUT2D eigenvalue weighted by atomic mass is 16.3. The molecule has 5 nitrogen and oxygen atoms in total. The van der Waals surface area contributed by atoms with Crippen molar-refractivity contribution in [1.29, 1.82) is 0 Å². The van der Waals surface area contributed by atoms with Crippen LogP contribution in [0.15, 0.2) is 0 Å². The molecule has 1 aliphatic carbocycles. The Labute approximate surface area is 109 Å². The lowest BCUT2D eigenvalue weighted by Crippen LogP contribution is -2.53. The van der Waals surface area contributed by atoms with E-state index in [1.807, 2.05) is 13.8 Å². The largest absolute Gasteiger partial charge is 0.391 e. The average Bonchev–Trinajstić information content (AvgIpc) is 2.30. The summed E-state index contributed by atoms with van der Waals surface area (Å²) in [6.45, 7) is 3.99. The first-order valence-corrected chi connectivity index (χ1v) is 6.84. The lowest BCUT2D eigenvalue weighted by molar-refractivity contribution is -0.132. The summed E-state index contributed by atoms with van der Waals surface area (Å²) in [7, 11) is 0. The summed E-state index contributed by atoms with van der Waals surface area (Å²) >= 11 is 0. The van der Waals surface area contributed by atoms with E-state index in [0.717, 1.165) is 19.3 Å². The van der Waals surface area contributed by atoms with Crippen molar-refractivity contribution in [2.24, 2.45) is 11.7 Å². The van der Waals surface area contributed by atoms with Gasteiger partial charge in [-0.25, -0.2) is 0 Å². The minimum atomic E-state index is -1.19. The van der Waals surface area contributed by atoms with Crippen molar-refractivity contribution in [2.45, 2.75) is 70.2 Å². The molecule has 0 spiro atoms. The second-order valence-corrected chi connectivity index (χ2v) is 5.71. The van der Waals surface area contributed by atoms with Crippen LogP contribution in [0.4, 0.5) is 0 Å². The first-order valence-electron chi connectivity index (χ1n) is 6.84. The summed E-state index contributed by atoms with van der Waals surface area (Å²) in [5.41, 5.74) is 5.79. The number of aliphatic hydroxyl groups is 2. The number of rotatable bonds is 5. The van der Waals surface area contributed by atoms with Gasteiger partial charge in [0.1, 0.15) is 6.10 Å². The maximum Gasteiger partial charge on any atom is 0.250 e. The second-order valence-electron chi connectivity index (χ2n) is 5.71. The average molecular weight is 258 g/mol. The Morgan fingerprint density at radius 1 is 1.39 bits per heavy atom. The molecule has 106 valence electrons. The van der Waals surface area contributed by atoms with E-state index < -0.39 is 24.2 Å². The van der Waals surface area contributed by atoms with E-state index in [9.17, 15) is 15.0 Å². The zero-order valence-corrected chi connectivity index (χ0v) is 11.3. The van der Waals surface area contributed by atoms with Gasteiger partial charge in [0.15, 0.2) is 0 Å². The molecule has 18 heavy (non-hydrogen) atoms. The van der Waals surface area contributed by atoms with Gasteiger partial charge < -0.3 is 21.3 Å². The minimum Gasteiger partial charge on any atom is -0.391 e. The highest BCUT2D eigenvalue weighted by molar-refractivity contribution is 5.81. The van der Waals surface area contributed by atoms with Crippen LogP contribution in [0.5, 0.6) is 0 Å². The van der Waals surface area contributed by atoms with Gasteiger partial charge in [0.25, 0.3) is 5.91 Å². The molecule has 5 heteroatoms. The molecule has 0 radical (unpaired) electrons. The Kier molecular flexibility index (Phi) is 6.05. The van der Waals surface area contributed by atoms with Gasteiger partial charge >= 0.3 is 0 Å². The highest BCUT2D eigenvalue weighted by Gasteiger charge is 2.29. The molecule has 1 fully saturated rings. The molecule has 4 atom stereocenters. The number of carbonyl (C=O) groups is 1. The standard InChI is InChI=1S/C13H26N2O3/c1-8(2)7-9(14)12(17)13(18)15-10-5-3-4-6-11(10)16/h8-12,16-17H,3-7,14H2,1-2H3,(H,15,18)/t9-,10-,11-,12-/m0/s1. The van der Waals surface area contributed by atoms with Crippen LogP contribution in [-0.4, -0.2) is 40.4 Å². The molecule has 1 aliphatic rings. The van der Waals surface area contributed by atoms with E-state index in [4.69, 9.17) is 5.73 Å². The maximum atomic E-state index is 11.8. The molecule has 0 aliphatic heterocycles. The van der Waals surface area contributed by atoms with Crippen molar-refractivity contribution in [2.75, 3.05) is 0 Å². The van der Waals surface area contributed by atoms with Crippen LogP contribution in [0.2, 0.25) is 0 Å². The van der Waals surface area contributed by atoms with Crippen molar-refractivity contribution in [3.05, 3.63) is 0 Å². The van der Waals surface area contributed by atoms with Crippen molar-refractivity contribution >= 4 is 5.91 Å². The third kappa shape index (κ3) is 4.55. The van der Waals surface area contributed by atoms with Crippen LogP contribution in [0.25, 0.3) is 0 Å². The van der Waals surface area contributed by atoms with Crippen molar-refractivity contribution in [1.82, 2.24) is 5.32 Å². The lowest BCUT2D eigenvalue weighted by Gasteiger charge is -2.30. The van der Waals surface area contributed by atoms with Gasteiger partial charge in [0.2, 0.25) is 0 Å². The molecule has 0 heterocycles. The first kappa shape index (κ1) is 15.4. The van der Waals surface area contributed by atoms with Crippen molar-refractivity contribution in [3.8, 4) is 0 Å². The molecule has 0 aromatic heterocycles. The van der Waals surface area contributed by atoms with Gasteiger partial charge in [-0.2, -0.15) is 0 Å². The topological polar surface area (TPSA) is 95.6 Å². The number of carbonyl (C=O) groups excluding carboxylic acids is 1. The number of nitrogens with one attached hydrogen (secondary N) is 1. The van der Waals surface area contributed by atoms with E-state index in [1.165, 1.54) is 0 Å². The third-order valence-electron chi connectivity index (χ3n) is 3.47. The van der Waals surface area contributed by atoms with E-state index in [-0.39, 0.29) is 6.04 Å². The SMILES string of the molecule is CC(C)C[C@H](N)[C@H](O)C(=O)N[C@H]1CCCC[C@@H]1O. The van der Waals surface area contributed by atoms with Gasteiger partial charge in [0.05, 0.1) is 12.1 Å². The summed E-state index contributed by atoms with van der Waals surface area (Å²) in [4.78, 5) is 11.8. The second kappa shape index (κ2) is 7.07. The van der Waals surface area contributed by atoms with Crippen LogP contribution >= 0.6 is 0 Å². The number of nitrogens with two attached hydrogens (primary N) is 1. The number of hydrogen-bond donors (Lipinski definition) is 4. The molecule has 5 N–H and O–H groups in total. The molecule has 1 amide bonds. The fraction of sp³-hybridized carbons (Fsp3) is 0.923. The highest BCUT2D eigenvalue weighted by Crippen LogP contribution is 2.18. The van der Waals surface area contributed by atoms with Gasteiger partial charge in [0, 0.05) is 6.04 Å². The summed E-state index contributed by atoms with van der Waals surface area (Å²) in [5.74, 6) is -0.128. The normalized spacial score (nSPS) is 27.9. The summed E-state index contributed by atoms with van der Waals surface area (Å²) in [5, 5.41) is 22.3. The van der Waals surface area contributed by atoms with Crippen molar-refractivity contribution < 1.29 is 15.0 Å². The molecule has 0 aromatic rings. The van der Waals surface area contributed by atoms with Crippen LogP contribution in [0, 0.1) is 5.92 Å². The summed E-state index contributed by atoms with van der Waals surface area (Å²) in [6.07, 6.45) is 2.36. The Hall–Kier alpha value is -0.650. The number of amides is 1. The van der Waals surface area contributed by atoms with Gasteiger partial charge in [-0.15, -0.1) is 0 Å². The van der Waals surface area contributed by atoms with Gasteiger partial charge in [-0.05, 0) is 25.2 Å². The Morgan fingerprint density at radius 3 is 2.56 bits per heavy atom. The smallest absolute Gasteiger partial charge is 0.250 e. The van der Waals surface area contributed by atoms with E-state index in [0.29, 0.717) is 18.8 Å². The van der Waals surface area contributed by atoms with Crippen LogP contribution < -0.4 is 11.1 Å². The van der Waals surface area contributed by atoms with Gasteiger partial charge in [-0.1, -0.05) is 26.7 Å². The molecule has 1 rings (SSSR count). The Morgan fingerprint density at radius 2 is 2.00 bits per heavy atom. The van der Waals surface area contributed by atoms with E-state index in [2.05, 4.69) is 5.32 Å². The van der Waals surface area contributed by atoms with Crippen LogP contribution in [-0.2, 0) is 4.79 Å². The molecule has 0 unspecified atom stereocenters. The van der Waals surface area contributed by atoms with Gasteiger partial charge in [-0.3, -0.25) is 4.79 Å². The molecular formula is C13H26N2O3. The van der Waals surface area contributed by atoms with Crippen LogP contribution in [0.3, 0.4) is 0 Å². The number of hydrogen-bond acceptors (Lipinski definition) is 4. The maximum absolute atomic E-state index is 11.8. The predicted octanol–water partition coefficient (Wildman–Crippen LogP) is 0.140. The lowest BCUT2D eigenvalue weighted by atomic mass is 9.92. The Balaban J connectivity index is 2.43. The zero-order chi connectivity index (χ0) is 13.7. The fourth-order valence-corrected chi connectivity index (χ4v) is 2.42. The molecule has 0 bridgehead atoms. The quantitative estimate of drug-likeness (QED) is 0.564. The number of aliphatic hydroxyl groups excluding tert-OH is 2. The Bertz CT molecular complexity index is 271. The monoisotopic (exact) mass is 258 g/mol. The van der Waals surface area contributed by atoms with Crippen LogP contribution in [0.1, 0.15) is 46.0 Å². The molecular weight excluding hydrogens is 232 g/mol. The molecule has 1 saturated carbocycles. The van der Waals surface area contributed by atoms with E-state index in [1.54, 1.807) is 0 Å². The summed E-state index contributed by atoms with van der Waals surface area (Å²) in [6, 6.07) is -0.794. The third-order valence-corrected chi connectivity index (χ3v) is 3.47. The molecule has 0 aromatic carbocycles. The predicted molar refractivity (Wildman–Crippen MR) is 69.8 cm³/mol. The summed E-state index contributed by atoms with van der Waals surface area (Å²) < 4.78 is 0. The van der Waals surface area contributed by atoms with Crippen molar-refractivity contribution in [3.63, 3.8) is 0 Å². The minimum absolute atomic E-state index is 0.243. The molecule has 0 saturated heterocycles. The zero-order valence-electron chi connectivity index (χ0n) is 11.3. The first-order chi connectivity index (χ1) is 8.41. The fourth-order valence-electron chi connectivity index (χ4n) is 2.42. The van der Waals surface area contributed by atoms with E-state index >= 15 is 0 Å².